The molecule has 2 aromatic carbocycles. The van der Waals surface area contributed by atoms with Crippen molar-refractivity contribution in [1.29, 1.82) is 0 Å². The van der Waals surface area contributed by atoms with Crippen LogP contribution in [0, 0.1) is 12.8 Å². The quantitative estimate of drug-likeness (QED) is 0.635. The number of benzene rings is 2. The monoisotopic (exact) mass is 307 g/mol. The molecular formula is C22H29N. The number of aryl methyl sites for hydroxylation is 1. The predicted molar refractivity (Wildman–Crippen MR) is 99.9 cm³/mol. The van der Waals surface area contributed by atoms with Crippen molar-refractivity contribution < 1.29 is 0 Å². The van der Waals surface area contributed by atoms with Crippen molar-refractivity contribution in [3.8, 4) is 0 Å². The highest BCUT2D eigenvalue weighted by atomic mass is 15.1. The van der Waals surface area contributed by atoms with Crippen LogP contribution < -0.4 is 4.90 Å². The summed E-state index contributed by atoms with van der Waals surface area (Å²) < 4.78 is 0. The van der Waals surface area contributed by atoms with Crippen LogP contribution in [0.1, 0.15) is 49.7 Å². The van der Waals surface area contributed by atoms with Gasteiger partial charge in [-0.1, -0.05) is 80.6 Å². The molecule has 0 atom stereocenters. The van der Waals surface area contributed by atoms with E-state index in [9.17, 15) is 0 Å². The molecule has 1 fully saturated rings. The van der Waals surface area contributed by atoms with Gasteiger partial charge in [-0.15, -0.1) is 0 Å². The molecule has 0 unspecified atom stereocenters. The lowest BCUT2D eigenvalue weighted by Gasteiger charge is -2.30. The number of hydrogen-bond acceptors (Lipinski definition) is 1. The Morgan fingerprint density at radius 3 is 2.30 bits per heavy atom. The van der Waals surface area contributed by atoms with Crippen LogP contribution in [-0.4, -0.2) is 6.54 Å². The minimum atomic E-state index is 0.936. The number of rotatable bonds is 6. The Hall–Kier alpha value is -1.76. The summed E-state index contributed by atoms with van der Waals surface area (Å²) in [7, 11) is 0. The first-order chi connectivity index (χ1) is 11.3. The molecule has 1 aliphatic rings. The van der Waals surface area contributed by atoms with Crippen molar-refractivity contribution in [1.82, 2.24) is 0 Å². The van der Waals surface area contributed by atoms with Crippen LogP contribution in [0.15, 0.2) is 54.6 Å². The maximum Gasteiger partial charge on any atom is 0.0429 e. The molecule has 3 rings (SSSR count). The molecule has 1 aliphatic carbocycles. The summed E-state index contributed by atoms with van der Waals surface area (Å²) in [6.45, 7) is 4.41. The van der Waals surface area contributed by atoms with Gasteiger partial charge in [0.25, 0.3) is 0 Å². The van der Waals surface area contributed by atoms with Crippen molar-refractivity contribution in [2.24, 2.45) is 5.92 Å². The van der Waals surface area contributed by atoms with Gasteiger partial charge in [0.1, 0.15) is 0 Å². The summed E-state index contributed by atoms with van der Waals surface area (Å²) in [5.41, 5.74) is 4.18. The first-order valence-electron chi connectivity index (χ1n) is 9.17. The number of para-hydroxylation sites is 1. The summed E-state index contributed by atoms with van der Waals surface area (Å²) in [5, 5.41) is 0. The molecule has 1 saturated carbocycles. The third kappa shape index (κ3) is 4.60. The van der Waals surface area contributed by atoms with Crippen LogP contribution in [0.2, 0.25) is 0 Å². The van der Waals surface area contributed by atoms with Gasteiger partial charge < -0.3 is 4.90 Å². The van der Waals surface area contributed by atoms with Crippen molar-refractivity contribution in [3.63, 3.8) is 0 Å². The van der Waals surface area contributed by atoms with Gasteiger partial charge in [0.05, 0.1) is 0 Å². The standard InChI is InChI=1S/C22H29N/c1-19-10-8-9-15-22(19)23(18-21-13-6-3-7-14-21)17-16-20-11-4-2-5-12-20/h3,6-10,13-15,20H,2,4-5,11-12,16-18H2,1H3. The third-order valence-corrected chi connectivity index (χ3v) is 5.20. The van der Waals surface area contributed by atoms with E-state index in [-0.39, 0.29) is 0 Å². The largest absolute Gasteiger partial charge is 0.367 e. The van der Waals surface area contributed by atoms with Crippen LogP contribution in [0.4, 0.5) is 5.69 Å². The zero-order valence-electron chi connectivity index (χ0n) is 14.4. The van der Waals surface area contributed by atoms with E-state index < -0.39 is 0 Å². The second kappa shape index (κ2) is 8.19. The lowest BCUT2D eigenvalue weighted by atomic mass is 9.87. The Bertz CT molecular complexity index is 584. The Morgan fingerprint density at radius 1 is 0.870 bits per heavy atom. The second-order valence-corrected chi connectivity index (χ2v) is 6.99. The summed E-state index contributed by atoms with van der Waals surface area (Å²) in [6, 6.07) is 19.7. The minimum Gasteiger partial charge on any atom is -0.367 e. The fourth-order valence-corrected chi connectivity index (χ4v) is 3.82. The highest BCUT2D eigenvalue weighted by Gasteiger charge is 2.16. The van der Waals surface area contributed by atoms with E-state index in [4.69, 9.17) is 0 Å². The molecule has 23 heavy (non-hydrogen) atoms. The van der Waals surface area contributed by atoms with E-state index in [2.05, 4.69) is 66.4 Å². The molecule has 0 bridgehead atoms. The lowest BCUT2D eigenvalue weighted by molar-refractivity contribution is 0.340. The fourth-order valence-electron chi connectivity index (χ4n) is 3.82. The molecule has 122 valence electrons. The number of nitrogens with zero attached hydrogens (tertiary/aromatic N) is 1. The number of anilines is 1. The molecule has 0 spiro atoms. The van der Waals surface area contributed by atoms with Crippen LogP contribution in [0.25, 0.3) is 0 Å². The highest BCUT2D eigenvalue weighted by Crippen LogP contribution is 2.28. The molecular weight excluding hydrogens is 278 g/mol. The van der Waals surface area contributed by atoms with Crippen LogP contribution in [0.3, 0.4) is 0 Å². The van der Waals surface area contributed by atoms with E-state index in [1.54, 1.807) is 0 Å². The SMILES string of the molecule is Cc1ccccc1N(CCC1CCCCC1)Cc1ccccc1. The van der Waals surface area contributed by atoms with E-state index >= 15 is 0 Å². The Balaban J connectivity index is 1.71. The van der Waals surface area contributed by atoms with Crippen molar-refractivity contribution in [3.05, 3.63) is 65.7 Å². The van der Waals surface area contributed by atoms with Crippen molar-refractivity contribution in [2.45, 2.75) is 52.0 Å². The zero-order valence-corrected chi connectivity index (χ0v) is 14.4. The summed E-state index contributed by atoms with van der Waals surface area (Å²) >= 11 is 0. The molecule has 0 N–H and O–H groups in total. The van der Waals surface area contributed by atoms with Gasteiger partial charge >= 0.3 is 0 Å². The average Bonchev–Trinajstić information content (AvgIpc) is 2.61. The molecule has 2 aromatic rings. The maximum atomic E-state index is 2.58. The summed E-state index contributed by atoms with van der Waals surface area (Å²) in [4.78, 5) is 2.58. The van der Waals surface area contributed by atoms with Gasteiger partial charge in [-0.25, -0.2) is 0 Å². The highest BCUT2D eigenvalue weighted by molar-refractivity contribution is 5.53. The smallest absolute Gasteiger partial charge is 0.0429 e. The zero-order chi connectivity index (χ0) is 15.9. The van der Waals surface area contributed by atoms with Gasteiger partial charge in [0, 0.05) is 18.8 Å². The fraction of sp³-hybridized carbons (Fsp3) is 0.455. The van der Waals surface area contributed by atoms with Crippen LogP contribution in [0.5, 0.6) is 0 Å². The Kier molecular flexibility index (Phi) is 5.74. The van der Waals surface area contributed by atoms with E-state index in [0.717, 1.165) is 12.5 Å². The lowest BCUT2D eigenvalue weighted by Crippen LogP contribution is -2.26. The van der Waals surface area contributed by atoms with Crippen molar-refractivity contribution in [2.75, 3.05) is 11.4 Å². The third-order valence-electron chi connectivity index (χ3n) is 5.20. The maximum absolute atomic E-state index is 2.58. The molecule has 0 aliphatic heterocycles. The van der Waals surface area contributed by atoms with Crippen LogP contribution in [-0.2, 0) is 6.54 Å². The predicted octanol–water partition coefficient (Wildman–Crippen LogP) is 5.97. The first kappa shape index (κ1) is 16.1. The topological polar surface area (TPSA) is 3.24 Å². The Morgan fingerprint density at radius 2 is 1.57 bits per heavy atom. The summed E-state index contributed by atoms with van der Waals surface area (Å²) in [5.74, 6) is 0.936. The van der Waals surface area contributed by atoms with Gasteiger partial charge in [-0.2, -0.15) is 0 Å². The Labute approximate surface area is 141 Å². The molecule has 1 heteroatoms. The normalized spacial score (nSPS) is 15.5. The molecule has 0 radical (unpaired) electrons. The van der Waals surface area contributed by atoms with E-state index in [1.807, 2.05) is 0 Å². The number of hydrogen-bond donors (Lipinski definition) is 0. The molecule has 0 saturated heterocycles. The van der Waals surface area contributed by atoms with E-state index in [1.165, 1.54) is 61.9 Å². The van der Waals surface area contributed by atoms with Gasteiger partial charge in [0.2, 0.25) is 0 Å². The molecule has 0 aromatic heterocycles. The molecule has 1 nitrogen and oxygen atoms in total. The second-order valence-electron chi connectivity index (χ2n) is 6.99. The van der Waals surface area contributed by atoms with Gasteiger partial charge in [0.15, 0.2) is 0 Å². The van der Waals surface area contributed by atoms with Crippen LogP contribution >= 0.6 is 0 Å². The van der Waals surface area contributed by atoms with Gasteiger partial charge in [-0.05, 0) is 36.5 Å². The summed E-state index contributed by atoms with van der Waals surface area (Å²) in [6.07, 6.45) is 8.53. The van der Waals surface area contributed by atoms with Gasteiger partial charge in [-0.3, -0.25) is 0 Å². The molecule has 0 amide bonds. The average molecular weight is 307 g/mol. The minimum absolute atomic E-state index is 0.936. The first-order valence-corrected chi connectivity index (χ1v) is 9.17. The molecule has 0 heterocycles. The van der Waals surface area contributed by atoms with E-state index in [0.29, 0.717) is 0 Å². The van der Waals surface area contributed by atoms with Crippen molar-refractivity contribution >= 4 is 5.69 Å².